The van der Waals surface area contributed by atoms with E-state index in [2.05, 4.69) is 20.6 Å². The molecule has 1 atom stereocenters. The zero-order chi connectivity index (χ0) is 21.5. The molecule has 0 amide bonds. The van der Waals surface area contributed by atoms with Crippen molar-refractivity contribution in [2.45, 2.75) is 12.2 Å². The fraction of sp³-hybridized carbons (Fsp3) is 0.125. The zero-order valence-electron chi connectivity index (χ0n) is 14.1. The number of aromatic hydroxyl groups is 1. The molecule has 1 unspecified atom stereocenters. The van der Waals surface area contributed by atoms with Crippen molar-refractivity contribution in [1.82, 2.24) is 10.3 Å². The van der Waals surface area contributed by atoms with E-state index in [-0.39, 0.29) is 34.4 Å². The number of nitrogens with two attached hydrogens (primary N) is 2. The molecule has 0 spiro atoms. The van der Waals surface area contributed by atoms with Gasteiger partial charge in [-0.3, -0.25) is 5.32 Å². The van der Waals surface area contributed by atoms with Crippen molar-refractivity contribution in [2.24, 2.45) is 4.99 Å². The SMILES string of the molecule is N#CNC1=NC(c2c(F)ccc(C(F)(F)F)c2O)c2c(nc(N)c(C#N)c2N)N1. The molecule has 2 aromatic rings. The topological polar surface area (TPSA) is 169 Å². The summed E-state index contributed by atoms with van der Waals surface area (Å²) in [5.41, 5.74) is 8.41. The molecule has 1 aromatic carbocycles. The Labute approximate surface area is 159 Å². The van der Waals surface area contributed by atoms with Gasteiger partial charge in [-0.15, -0.1) is 0 Å². The van der Waals surface area contributed by atoms with E-state index < -0.39 is 34.9 Å². The van der Waals surface area contributed by atoms with Crippen LogP contribution in [0.4, 0.5) is 34.9 Å². The molecule has 0 saturated carbocycles. The lowest BCUT2D eigenvalue weighted by Crippen LogP contribution is -2.33. The Bertz CT molecular complexity index is 1130. The zero-order valence-corrected chi connectivity index (χ0v) is 14.1. The van der Waals surface area contributed by atoms with E-state index >= 15 is 0 Å². The Kier molecular flexibility index (Phi) is 4.52. The molecule has 0 fully saturated rings. The number of aromatic nitrogens is 1. The molecule has 2 heterocycles. The maximum Gasteiger partial charge on any atom is 0.419 e. The van der Waals surface area contributed by atoms with Crippen LogP contribution in [0.1, 0.15) is 28.3 Å². The number of benzene rings is 1. The number of halogens is 4. The Morgan fingerprint density at radius 3 is 2.48 bits per heavy atom. The summed E-state index contributed by atoms with van der Waals surface area (Å²) >= 11 is 0. The smallest absolute Gasteiger partial charge is 0.419 e. The summed E-state index contributed by atoms with van der Waals surface area (Å²) in [6, 6.07) is 0.919. The third-order valence-corrected chi connectivity index (χ3v) is 4.10. The molecule has 0 aliphatic carbocycles. The van der Waals surface area contributed by atoms with E-state index in [0.29, 0.717) is 12.1 Å². The number of phenols is 1. The first-order chi connectivity index (χ1) is 13.6. The van der Waals surface area contributed by atoms with Crippen molar-refractivity contribution in [2.75, 3.05) is 16.8 Å². The lowest BCUT2D eigenvalue weighted by molar-refractivity contribution is -0.138. The standard InChI is InChI=1S/C16H10F4N8O/c17-7-2-1-6(16(18,19)20)12(29)8(7)11-9-10(23)5(3-21)13(24)27-14(9)28-15(26-11)25-4-22/h1-2,11,29H,(H6,23,24,25,26,27,28). The average Bonchev–Trinajstić information content (AvgIpc) is 2.60. The summed E-state index contributed by atoms with van der Waals surface area (Å²) in [5.74, 6) is -3.42. The minimum Gasteiger partial charge on any atom is -0.507 e. The Hall–Kier alpha value is -4.26. The second kappa shape index (κ2) is 6.72. The second-order valence-electron chi connectivity index (χ2n) is 5.76. The highest BCUT2D eigenvalue weighted by Crippen LogP contribution is 2.47. The summed E-state index contributed by atoms with van der Waals surface area (Å²) < 4.78 is 54.1. The van der Waals surface area contributed by atoms with Crippen LogP contribution in [0.25, 0.3) is 0 Å². The van der Waals surface area contributed by atoms with Crippen LogP contribution in [0.2, 0.25) is 0 Å². The predicted octanol–water partition coefficient (Wildman–Crippen LogP) is 1.92. The van der Waals surface area contributed by atoms with Crippen LogP contribution in [-0.2, 0) is 6.18 Å². The van der Waals surface area contributed by atoms with E-state index in [1.807, 2.05) is 0 Å². The maximum absolute atomic E-state index is 14.6. The molecule has 1 aliphatic rings. The van der Waals surface area contributed by atoms with Crippen LogP contribution < -0.4 is 22.1 Å². The van der Waals surface area contributed by atoms with Gasteiger partial charge in [0.1, 0.15) is 40.9 Å². The van der Waals surface area contributed by atoms with Crippen LogP contribution in [0, 0.1) is 28.6 Å². The summed E-state index contributed by atoms with van der Waals surface area (Å²) in [4.78, 5) is 7.82. The first-order valence-corrected chi connectivity index (χ1v) is 7.67. The third-order valence-electron chi connectivity index (χ3n) is 4.10. The van der Waals surface area contributed by atoms with Crippen molar-refractivity contribution < 1.29 is 22.7 Å². The number of anilines is 3. The van der Waals surface area contributed by atoms with Crippen molar-refractivity contribution in [3.8, 4) is 18.0 Å². The molecule has 0 saturated heterocycles. The first kappa shape index (κ1) is 19.5. The number of nitrogens with one attached hydrogen (secondary N) is 2. The normalized spacial score (nSPS) is 15.4. The maximum atomic E-state index is 14.6. The minimum absolute atomic E-state index is 0.173. The molecule has 13 heteroatoms. The van der Waals surface area contributed by atoms with Gasteiger partial charge in [-0.05, 0) is 12.1 Å². The molecule has 9 nitrogen and oxygen atoms in total. The van der Waals surface area contributed by atoms with E-state index in [4.69, 9.17) is 16.7 Å². The summed E-state index contributed by atoms with van der Waals surface area (Å²) in [6.07, 6.45) is -3.45. The van der Waals surface area contributed by atoms with Crippen LogP contribution in [0.5, 0.6) is 5.75 Å². The quantitative estimate of drug-likeness (QED) is 0.272. The molecular formula is C16H10F4N8O. The number of alkyl halides is 3. The number of nitrogen functional groups attached to an aromatic ring is 2. The molecule has 148 valence electrons. The largest absolute Gasteiger partial charge is 0.507 e. The van der Waals surface area contributed by atoms with Gasteiger partial charge in [-0.25, -0.2) is 14.4 Å². The molecule has 1 aliphatic heterocycles. The predicted molar refractivity (Wildman–Crippen MR) is 92.5 cm³/mol. The van der Waals surface area contributed by atoms with E-state index in [1.165, 1.54) is 6.19 Å². The lowest BCUT2D eigenvalue weighted by Gasteiger charge is -2.27. The van der Waals surface area contributed by atoms with Crippen LogP contribution in [0.3, 0.4) is 0 Å². The van der Waals surface area contributed by atoms with Crippen LogP contribution in [-0.4, -0.2) is 16.1 Å². The molecule has 0 bridgehead atoms. The molecule has 7 N–H and O–H groups in total. The number of guanidine groups is 1. The summed E-state index contributed by atoms with van der Waals surface area (Å²) in [7, 11) is 0. The van der Waals surface area contributed by atoms with Crippen molar-refractivity contribution in [3.63, 3.8) is 0 Å². The summed E-state index contributed by atoms with van der Waals surface area (Å²) in [5, 5.41) is 32.8. The van der Waals surface area contributed by atoms with Crippen molar-refractivity contribution in [1.29, 1.82) is 10.5 Å². The number of hydrogen-bond donors (Lipinski definition) is 5. The van der Waals surface area contributed by atoms with Gasteiger partial charge in [0.25, 0.3) is 0 Å². The van der Waals surface area contributed by atoms with Gasteiger partial charge >= 0.3 is 6.18 Å². The Morgan fingerprint density at radius 2 is 1.90 bits per heavy atom. The van der Waals surface area contributed by atoms with Crippen molar-refractivity contribution in [3.05, 3.63) is 40.2 Å². The highest BCUT2D eigenvalue weighted by atomic mass is 19.4. The van der Waals surface area contributed by atoms with E-state index in [9.17, 15) is 27.9 Å². The van der Waals surface area contributed by atoms with Gasteiger partial charge in [-0.2, -0.15) is 23.7 Å². The number of nitrogens with zero attached hydrogens (tertiary/aromatic N) is 4. The third kappa shape index (κ3) is 3.14. The van der Waals surface area contributed by atoms with Gasteiger partial charge in [0.05, 0.1) is 16.8 Å². The number of nitriles is 2. The number of aliphatic imine (C=N–C) groups is 1. The summed E-state index contributed by atoms with van der Waals surface area (Å²) in [6.45, 7) is 0. The molecule has 29 heavy (non-hydrogen) atoms. The Morgan fingerprint density at radius 1 is 1.21 bits per heavy atom. The fourth-order valence-electron chi connectivity index (χ4n) is 2.86. The fourth-order valence-corrected chi connectivity index (χ4v) is 2.86. The van der Waals surface area contributed by atoms with Gasteiger partial charge in [0.15, 0.2) is 6.19 Å². The lowest BCUT2D eigenvalue weighted by atomic mass is 9.92. The average molecular weight is 406 g/mol. The van der Waals surface area contributed by atoms with Gasteiger partial charge in [0.2, 0.25) is 5.96 Å². The number of fused-ring (bicyclic) bond motifs is 1. The molecule has 1 aromatic heterocycles. The molecule has 3 rings (SSSR count). The van der Waals surface area contributed by atoms with Crippen LogP contribution in [0.15, 0.2) is 17.1 Å². The molecule has 0 radical (unpaired) electrons. The van der Waals surface area contributed by atoms with Crippen molar-refractivity contribution >= 4 is 23.3 Å². The first-order valence-electron chi connectivity index (χ1n) is 7.67. The highest BCUT2D eigenvalue weighted by Gasteiger charge is 2.39. The monoisotopic (exact) mass is 406 g/mol. The molecular weight excluding hydrogens is 396 g/mol. The van der Waals surface area contributed by atoms with E-state index in [1.54, 1.807) is 6.07 Å². The number of hydrogen-bond acceptors (Lipinski definition) is 9. The minimum atomic E-state index is -4.98. The second-order valence-corrected chi connectivity index (χ2v) is 5.76. The number of phenolic OH excluding ortho intramolecular Hbond substituents is 1. The Balaban J connectivity index is 2.36. The highest BCUT2D eigenvalue weighted by molar-refractivity contribution is 5.98. The van der Waals surface area contributed by atoms with Gasteiger partial charge < -0.3 is 21.9 Å². The number of rotatable bonds is 1. The van der Waals surface area contributed by atoms with Gasteiger partial charge in [-0.1, -0.05) is 0 Å². The van der Waals surface area contributed by atoms with E-state index in [0.717, 1.165) is 0 Å². The van der Waals surface area contributed by atoms with Gasteiger partial charge in [0, 0.05) is 5.56 Å². The number of pyridine rings is 1. The van der Waals surface area contributed by atoms with Crippen LogP contribution >= 0.6 is 0 Å².